The summed E-state index contributed by atoms with van der Waals surface area (Å²) in [6.45, 7) is 2.80. The summed E-state index contributed by atoms with van der Waals surface area (Å²) >= 11 is 7.05. The van der Waals surface area contributed by atoms with Crippen LogP contribution in [0.4, 0.5) is 11.4 Å². The number of thioether (sulfide) groups is 1. The number of carbonyl (C=O) groups is 2. The topological polar surface area (TPSA) is 67.4 Å². The van der Waals surface area contributed by atoms with Crippen LogP contribution in [0.2, 0.25) is 5.02 Å². The highest BCUT2D eigenvalue weighted by Crippen LogP contribution is 2.17. The van der Waals surface area contributed by atoms with Gasteiger partial charge in [0.25, 0.3) is 0 Å². The molecule has 0 bridgehead atoms. The first-order valence-corrected chi connectivity index (χ1v) is 10.3. The molecule has 0 aliphatic carbocycles. The largest absolute Gasteiger partial charge is 0.494 e. The number of hydrogen-bond donors (Lipinski definition) is 2. The lowest BCUT2D eigenvalue weighted by atomic mass is 10.3. The second kappa shape index (κ2) is 11.5. The van der Waals surface area contributed by atoms with Gasteiger partial charge >= 0.3 is 0 Å². The van der Waals surface area contributed by atoms with Gasteiger partial charge in [0, 0.05) is 16.4 Å². The molecule has 2 aromatic rings. The van der Waals surface area contributed by atoms with Crippen molar-refractivity contribution in [3.8, 4) is 5.75 Å². The molecule has 2 rings (SSSR count). The van der Waals surface area contributed by atoms with Gasteiger partial charge in [0.1, 0.15) is 5.75 Å². The molecule has 0 aromatic heterocycles. The van der Waals surface area contributed by atoms with Crippen LogP contribution in [0.15, 0.2) is 48.5 Å². The third-order valence-electron chi connectivity index (χ3n) is 3.50. The van der Waals surface area contributed by atoms with E-state index >= 15 is 0 Å². The average Bonchev–Trinajstić information content (AvgIpc) is 2.65. The van der Waals surface area contributed by atoms with Crippen LogP contribution in [-0.2, 0) is 9.59 Å². The summed E-state index contributed by atoms with van der Waals surface area (Å²) in [6, 6.07) is 14.1. The van der Waals surface area contributed by atoms with E-state index < -0.39 is 0 Å². The second-order valence-electron chi connectivity index (χ2n) is 5.82. The van der Waals surface area contributed by atoms with Crippen molar-refractivity contribution in [2.75, 3.05) is 28.7 Å². The number of unbranched alkanes of at least 4 members (excludes halogenated alkanes) is 1. The molecule has 0 aliphatic rings. The van der Waals surface area contributed by atoms with E-state index in [0.717, 1.165) is 18.6 Å². The molecule has 2 amide bonds. The van der Waals surface area contributed by atoms with Crippen LogP contribution in [0, 0.1) is 0 Å². The maximum atomic E-state index is 12.0. The zero-order valence-electron chi connectivity index (χ0n) is 15.2. The van der Waals surface area contributed by atoms with Crippen molar-refractivity contribution >= 4 is 46.6 Å². The molecule has 7 heteroatoms. The number of rotatable bonds is 10. The van der Waals surface area contributed by atoms with Gasteiger partial charge in [-0.1, -0.05) is 24.9 Å². The minimum absolute atomic E-state index is 0.154. The van der Waals surface area contributed by atoms with Gasteiger partial charge in [0.2, 0.25) is 11.8 Å². The van der Waals surface area contributed by atoms with Gasteiger partial charge in [-0.15, -0.1) is 11.8 Å². The summed E-state index contributed by atoms with van der Waals surface area (Å²) in [7, 11) is 0. The third kappa shape index (κ3) is 8.37. The van der Waals surface area contributed by atoms with Crippen molar-refractivity contribution in [1.29, 1.82) is 0 Å². The van der Waals surface area contributed by atoms with Crippen molar-refractivity contribution in [1.82, 2.24) is 0 Å². The zero-order chi connectivity index (χ0) is 19.5. The summed E-state index contributed by atoms with van der Waals surface area (Å²) in [4.78, 5) is 23.8. The number of carbonyl (C=O) groups excluding carboxylic acids is 2. The molecule has 0 saturated carbocycles. The van der Waals surface area contributed by atoms with Gasteiger partial charge in [0.15, 0.2) is 0 Å². The van der Waals surface area contributed by atoms with Gasteiger partial charge in [-0.3, -0.25) is 9.59 Å². The minimum Gasteiger partial charge on any atom is -0.494 e. The van der Waals surface area contributed by atoms with Crippen molar-refractivity contribution in [3.63, 3.8) is 0 Å². The molecule has 0 heterocycles. The minimum atomic E-state index is -0.163. The number of nitrogens with one attached hydrogen (secondary N) is 2. The maximum Gasteiger partial charge on any atom is 0.234 e. The van der Waals surface area contributed by atoms with Crippen LogP contribution in [-0.4, -0.2) is 29.9 Å². The molecule has 2 N–H and O–H groups in total. The third-order valence-corrected chi connectivity index (χ3v) is 4.68. The molecule has 5 nitrogen and oxygen atoms in total. The number of halogens is 1. The van der Waals surface area contributed by atoms with Crippen LogP contribution >= 0.6 is 23.4 Å². The highest BCUT2D eigenvalue weighted by molar-refractivity contribution is 8.00. The Morgan fingerprint density at radius 3 is 1.96 bits per heavy atom. The first kappa shape index (κ1) is 21.1. The van der Waals surface area contributed by atoms with Gasteiger partial charge in [-0.2, -0.15) is 0 Å². The van der Waals surface area contributed by atoms with Crippen molar-refractivity contribution in [2.45, 2.75) is 19.8 Å². The number of ether oxygens (including phenoxy) is 1. The van der Waals surface area contributed by atoms with Gasteiger partial charge < -0.3 is 15.4 Å². The Hall–Kier alpha value is -2.18. The smallest absolute Gasteiger partial charge is 0.234 e. The Balaban J connectivity index is 1.66. The fourth-order valence-corrected chi connectivity index (χ4v) is 2.88. The maximum absolute atomic E-state index is 12.0. The SMILES string of the molecule is CCCCOc1ccc(NC(=O)CSCC(=O)Nc2ccc(Cl)cc2)cc1. The molecule has 0 atom stereocenters. The molecule has 0 radical (unpaired) electrons. The van der Waals surface area contributed by atoms with E-state index in [2.05, 4.69) is 17.6 Å². The van der Waals surface area contributed by atoms with Crippen LogP contribution in [0.3, 0.4) is 0 Å². The molecule has 27 heavy (non-hydrogen) atoms. The summed E-state index contributed by atoms with van der Waals surface area (Å²) < 4.78 is 5.58. The van der Waals surface area contributed by atoms with Gasteiger partial charge in [0.05, 0.1) is 18.1 Å². The number of benzene rings is 2. The van der Waals surface area contributed by atoms with E-state index in [1.54, 1.807) is 36.4 Å². The Morgan fingerprint density at radius 1 is 0.926 bits per heavy atom. The summed E-state index contributed by atoms with van der Waals surface area (Å²) in [5.74, 6) is 0.862. The van der Waals surface area contributed by atoms with E-state index in [0.29, 0.717) is 23.0 Å². The van der Waals surface area contributed by atoms with E-state index in [9.17, 15) is 9.59 Å². The molecule has 0 fully saturated rings. The molecule has 0 unspecified atom stereocenters. The molecule has 144 valence electrons. The lowest BCUT2D eigenvalue weighted by Gasteiger charge is -2.08. The van der Waals surface area contributed by atoms with Crippen LogP contribution in [0.5, 0.6) is 5.75 Å². The zero-order valence-corrected chi connectivity index (χ0v) is 16.7. The number of anilines is 2. The fraction of sp³-hybridized carbons (Fsp3) is 0.300. The average molecular weight is 407 g/mol. The predicted molar refractivity (Wildman–Crippen MR) is 113 cm³/mol. The second-order valence-corrected chi connectivity index (χ2v) is 7.24. The Labute approximate surface area is 168 Å². The first-order chi connectivity index (χ1) is 13.1. The fourth-order valence-electron chi connectivity index (χ4n) is 2.13. The molecule has 0 saturated heterocycles. The summed E-state index contributed by atoms with van der Waals surface area (Å²) in [5.41, 5.74) is 1.38. The van der Waals surface area contributed by atoms with Crippen molar-refractivity contribution in [3.05, 3.63) is 53.6 Å². The summed E-state index contributed by atoms with van der Waals surface area (Å²) in [5, 5.41) is 6.17. The van der Waals surface area contributed by atoms with Gasteiger partial charge in [-0.05, 0) is 55.0 Å². The Morgan fingerprint density at radius 2 is 1.44 bits per heavy atom. The quantitative estimate of drug-likeness (QED) is 0.554. The predicted octanol–water partition coefficient (Wildman–Crippen LogP) is 4.83. The van der Waals surface area contributed by atoms with Crippen LogP contribution in [0.1, 0.15) is 19.8 Å². The lowest BCUT2D eigenvalue weighted by Crippen LogP contribution is -2.18. The Kier molecular flexibility index (Phi) is 9.01. The van der Waals surface area contributed by atoms with Crippen LogP contribution < -0.4 is 15.4 Å². The molecular formula is C20H23ClN2O3S. The highest BCUT2D eigenvalue weighted by Gasteiger charge is 2.07. The van der Waals surface area contributed by atoms with Crippen LogP contribution in [0.25, 0.3) is 0 Å². The lowest BCUT2D eigenvalue weighted by molar-refractivity contribution is -0.114. The highest BCUT2D eigenvalue weighted by atomic mass is 35.5. The monoisotopic (exact) mass is 406 g/mol. The normalized spacial score (nSPS) is 10.3. The van der Waals surface area contributed by atoms with E-state index in [1.165, 1.54) is 11.8 Å². The standard InChI is InChI=1S/C20H23ClN2O3S/c1-2-3-12-26-18-10-8-17(9-11-18)23-20(25)14-27-13-19(24)22-16-6-4-15(21)5-7-16/h4-11H,2-3,12-14H2,1H3,(H,22,24)(H,23,25). The number of amides is 2. The number of hydrogen-bond acceptors (Lipinski definition) is 4. The molecule has 0 aliphatic heterocycles. The first-order valence-electron chi connectivity index (χ1n) is 8.72. The van der Waals surface area contributed by atoms with Crippen molar-refractivity contribution in [2.24, 2.45) is 0 Å². The Bertz CT molecular complexity index is 736. The van der Waals surface area contributed by atoms with E-state index in [1.807, 2.05) is 12.1 Å². The molecular weight excluding hydrogens is 384 g/mol. The molecule has 0 spiro atoms. The van der Waals surface area contributed by atoms with E-state index in [-0.39, 0.29) is 23.3 Å². The van der Waals surface area contributed by atoms with Crippen molar-refractivity contribution < 1.29 is 14.3 Å². The van der Waals surface area contributed by atoms with E-state index in [4.69, 9.17) is 16.3 Å². The van der Waals surface area contributed by atoms with Gasteiger partial charge in [-0.25, -0.2) is 0 Å². The summed E-state index contributed by atoms with van der Waals surface area (Å²) in [6.07, 6.45) is 2.10. The molecule has 2 aromatic carbocycles.